The smallest absolute Gasteiger partial charge is 0.0386 e. The van der Waals surface area contributed by atoms with Crippen LogP contribution >= 0.6 is 0 Å². The van der Waals surface area contributed by atoms with Gasteiger partial charge in [0.05, 0.1) is 0 Å². The molecule has 0 radical (unpaired) electrons. The van der Waals surface area contributed by atoms with Crippen LogP contribution in [0.1, 0.15) is 97.8 Å². The standard InChI is InChI=1S/C18H36/c1-4-5-12-16(2)15-18-14-11-9-7-6-8-10-13-17(18)3/h16-18H,4-15H2,1-3H3. The number of hydrogen-bond donors (Lipinski definition) is 0. The van der Waals surface area contributed by atoms with Gasteiger partial charge >= 0.3 is 0 Å². The summed E-state index contributed by atoms with van der Waals surface area (Å²) >= 11 is 0. The molecule has 0 nitrogen and oxygen atoms in total. The second kappa shape index (κ2) is 9.87. The highest BCUT2D eigenvalue weighted by molar-refractivity contribution is 4.71. The van der Waals surface area contributed by atoms with Crippen molar-refractivity contribution in [1.29, 1.82) is 0 Å². The SMILES string of the molecule is CCCCC(C)CC1CCCCCCCCC1C. The minimum Gasteiger partial charge on any atom is -0.0654 e. The van der Waals surface area contributed by atoms with Gasteiger partial charge in [0.15, 0.2) is 0 Å². The van der Waals surface area contributed by atoms with Gasteiger partial charge in [-0.15, -0.1) is 0 Å². The van der Waals surface area contributed by atoms with Gasteiger partial charge in [0.2, 0.25) is 0 Å². The second-order valence-electron chi connectivity index (χ2n) is 6.92. The molecule has 3 atom stereocenters. The Morgan fingerprint density at radius 1 is 0.944 bits per heavy atom. The van der Waals surface area contributed by atoms with Crippen LogP contribution < -0.4 is 0 Å². The van der Waals surface area contributed by atoms with E-state index in [4.69, 9.17) is 0 Å². The van der Waals surface area contributed by atoms with Crippen LogP contribution in [0.5, 0.6) is 0 Å². The largest absolute Gasteiger partial charge is 0.0654 e. The molecule has 1 fully saturated rings. The van der Waals surface area contributed by atoms with Gasteiger partial charge in [0.25, 0.3) is 0 Å². The molecule has 108 valence electrons. The average Bonchev–Trinajstić information content (AvgIpc) is 2.37. The Kier molecular flexibility index (Phi) is 8.80. The molecule has 1 saturated carbocycles. The Labute approximate surface area is 116 Å². The third-order valence-corrected chi connectivity index (χ3v) is 5.04. The van der Waals surface area contributed by atoms with Crippen LogP contribution in [0.2, 0.25) is 0 Å². The lowest BCUT2D eigenvalue weighted by molar-refractivity contribution is 0.238. The molecule has 0 saturated heterocycles. The Balaban J connectivity index is 2.36. The molecule has 1 aliphatic rings. The lowest BCUT2D eigenvalue weighted by Crippen LogP contribution is -2.16. The molecule has 1 aliphatic carbocycles. The summed E-state index contributed by atoms with van der Waals surface area (Å²) in [6, 6.07) is 0. The summed E-state index contributed by atoms with van der Waals surface area (Å²) in [6.45, 7) is 7.33. The van der Waals surface area contributed by atoms with Crippen LogP contribution in [-0.4, -0.2) is 0 Å². The van der Waals surface area contributed by atoms with Gasteiger partial charge in [-0.1, -0.05) is 91.4 Å². The molecule has 3 unspecified atom stereocenters. The Bertz CT molecular complexity index is 184. The van der Waals surface area contributed by atoms with Crippen molar-refractivity contribution in [3.63, 3.8) is 0 Å². The van der Waals surface area contributed by atoms with Gasteiger partial charge in [-0.3, -0.25) is 0 Å². The van der Waals surface area contributed by atoms with E-state index in [1.807, 2.05) is 0 Å². The van der Waals surface area contributed by atoms with E-state index in [1.165, 1.54) is 77.0 Å². The van der Waals surface area contributed by atoms with E-state index in [9.17, 15) is 0 Å². The molecule has 0 amide bonds. The van der Waals surface area contributed by atoms with Gasteiger partial charge in [-0.25, -0.2) is 0 Å². The molecule has 0 aliphatic heterocycles. The molecule has 1 rings (SSSR count). The summed E-state index contributed by atoms with van der Waals surface area (Å²) in [5.74, 6) is 2.96. The Hall–Kier alpha value is 0. The van der Waals surface area contributed by atoms with Crippen LogP contribution in [0.4, 0.5) is 0 Å². The van der Waals surface area contributed by atoms with Gasteiger partial charge in [0.1, 0.15) is 0 Å². The molecule has 18 heavy (non-hydrogen) atoms. The second-order valence-corrected chi connectivity index (χ2v) is 6.92. The first-order chi connectivity index (χ1) is 8.74. The van der Waals surface area contributed by atoms with Gasteiger partial charge < -0.3 is 0 Å². The van der Waals surface area contributed by atoms with E-state index in [2.05, 4.69) is 20.8 Å². The third-order valence-electron chi connectivity index (χ3n) is 5.04. The third kappa shape index (κ3) is 6.81. The van der Waals surface area contributed by atoms with Gasteiger partial charge in [-0.05, 0) is 24.2 Å². The highest BCUT2D eigenvalue weighted by atomic mass is 14.3. The first-order valence-electron chi connectivity index (χ1n) is 8.74. The van der Waals surface area contributed by atoms with Crippen molar-refractivity contribution in [3.05, 3.63) is 0 Å². The fourth-order valence-corrected chi connectivity index (χ4v) is 3.64. The molecule has 0 aromatic carbocycles. The van der Waals surface area contributed by atoms with Crippen molar-refractivity contribution in [2.24, 2.45) is 17.8 Å². The maximum absolute atomic E-state index is 2.53. The van der Waals surface area contributed by atoms with Crippen molar-refractivity contribution in [2.75, 3.05) is 0 Å². The number of rotatable bonds is 5. The zero-order chi connectivity index (χ0) is 13.2. The summed E-state index contributed by atoms with van der Waals surface area (Å²) in [6.07, 6.45) is 17.7. The number of unbranched alkanes of at least 4 members (excludes halogenated alkanes) is 1. The molecule has 0 aromatic rings. The van der Waals surface area contributed by atoms with Crippen LogP contribution in [0.25, 0.3) is 0 Å². The lowest BCUT2D eigenvalue weighted by atomic mass is 9.78. The van der Waals surface area contributed by atoms with Crippen LogP contribution in [0, 0.1) is 17.8 Å². The summed E-state index contributed by atoms with van der Waals surface area (Å²) in [7, 11) is 0. The van der Waals surface area contributed by atoms with Gasteiger partial charge in [0, 0.05) is 0 Å². The van der Waals surface area contributed by atoms with Gasteiger partial charge in [-0.2, -0.15) is 0 Å². The summed E-state index contributed by atoms with van der Waals surface area (Å²) < 4.78 is 0. The van der Waals surface area contributed by atoms with E-state index in [0.717, 1.165) is 17.8 Å². The molecule has 0 spiro atoms. The minimum atomic E-state index is 0.959. The zero-order valence-corrected chi connectivity index (χ0v) is 13.2. The van der Waals surface area contributed by atoms with Crippen molar-refractivity contribution in [2.45, 2.75) is 97.8 Å². The monoisotopic (exact) mass is 252 g/mol. The van der Waals surface area contributed by atoms with E-state index in [-0.39, 0.29) is 0 Å². The van der Waals surface area contributed by atoms with Crippen LogP contribution in [-0.2, 0) is 0 Å². The molecule has 0 N–H and O–H groups in total. The number of hydrogen-bond acceptors (Lipinski definition) is 0. The molecular weight excluding hydrogens is 216 g/mol. The van der Waals surface area contributed by atoms with Crippen molar-refractivity contribution < 1.29 is 0 Å². The topological polar surface area (TPSA) is 0 Å². The van der Waals surface area contributed by atoms with Crippen molar-refractivity contribution in [3.8, 4) is 0 Å². The first kappa shape index (κ1) is 16.1. The van der Waals surface area contributed by atoms with E-state index < -0.39 is 0 Å². The highest BCUT2D eigenvalue weighted by Crippen LogP contribution is 2.32. The Morgan fingerprint density at radius 3 is 2.22 bits per heavy atom. The minimum absolute atomic E-state index is 0.959. The quantitative estimate of drug-likeness (QED) is 0.518. The van der Waals surface area contributed by atoms with Crippen molar-refractivity contribution >= 4 is 0 Å². The summed E-state index contributed by atoms with van der Waals surface area (Å²) in [4.78, 5) is 0. The normalized spacial score (nSPS) is 28.8. The van der Waals surface area contributed by atoms with E-state index in [0.29, 0.717) is 0 Å². The van der Waals surface area contributed by atoms with E-state index in [1.54, 1.807) is 0 Å². The molecule has 0 aromatic heterocycles. The predicted octanol–water partition coefficient (Wildman–Crippen LogP) is 6.59. The molecule has 0 bridgehead atoms. The lowest BCUT2D eigenvalue weighted by Gasteiger charge is -2.28. The zero-order valence-electron chi connectivity index (χ0n) is 13.2. The molecule has 0 heteroatoms. The maximum Gasteiger partial charge on any atom is -0.0386 e. The summed E-state index contributed by atoms with van der Waals surface area (Å²) in [5, 5.41) is 0. The van der Waals surface area contributed by atoms with Crippen LogP contribution in [0.15, 0.2) is 0 Å². The maximum atomic E-state index is 2.53. The fourth-order valence-electron chi connectivity index (χ4n) is 3.64. The van der Waals surface area contributed by atoms with E-state index >= 15 is 0 Å². The Morgan fingerprint density at radius 2 is 1.56 bits per heavy atom. The highest BCUT2D eigenvalue weighted by Gasteiger charge is 2.20. The molecular formula is C18H36. The summed E-state index contributed by atoms with van der Waals surface area (Å²) in [5.41, 5.74) is 0. The fraction of sp³-hybridized carbons (Fsp3) is 1.00. The molecule has 0 heterocycles. The first-order valence-corrected chi connectivity index (χ1v) is 8.74. The predicted molar refractivity (Wildman–Crippen MR) is 82.9 cm³/mol. The van der Waals surface area contributed by atoms with Crippen LogP contribution in [0.3, 0.4) is 0 Å². The van der Waals surface area contributed by atoms with Crippen molar-refractivity contribution in [1.82, 2.24) is 0 Å². The average molecular weight is 252 g/mol.